The summed E-state index contributed by atoms with van der Waals surface area (Å²) in [6, 6.07) is 0. The van der Waals surface area contributed by atoms with Gasteiger partial charge in [0.1, 0.15) is 13.2 Å². The fourth-order valence-corrected chi connectivity index (χ4v) is 7.14. The number of hydrogen-bond donors (Lipinski definition) is 0. The van der Waals surface area contributed by atoms with Gasteiger partial charge >= 0.3 is 17.9 Å². The summed E-state index contributed by atoms with van der Waals surface area (Å²) < 4.78 is 16.8. The van der Waals surface area contributed by atoms with Crippen molar-refractivity contribution in [2.45, 2.75) is 239 Å². The van der Waals surface area contributed by atoms with E-state index in [2.05, 4.69) is 142 Å². The summed E-state index contributed by atoms with van der Waals surface area (Å²) in [5.74, 6) is -0.971. The van der Waals surface area contributed by atoms with E-state index >= 15 is 0 Å². The molecule has 0 aliphatic rings. The molecule has 1 atom stereocenters. The number of ether oxygens (including phenoxy) is 3. The highest BCUT2D eigenvalue weighted by molar-refractivity contribution is 5.71. The van der Waals surface area contributed by atoms with Crippen LogP contribution in [0.4, 0.5) is 0 Å². The Labute approximate surface area is 418 Å². The van der Waals surface area contributed by atoms with Crippen LogP contribution < -0.4 is 0 Å². The Morgan fingerprint density at radius 2 is 0.574 bits per heavy atom. The summed E-state index contributed by atoms with van der Waals surface area (Å²) in [5, 5.41) is 0. The first kappa shape index (κ1) is 63.8. The third-order valence-corrected chi connectivity index (χ3v) is 11.2. The van der Waals surface area contributed by atoms with E-state index in [4.69, 9.17) is 14.2 Å². The van der Waals surface area contributed by atoms with Crippen LogP contribution >= 0.6 is 0 Å². The number of esters is 3. The van der Waals surface area contributed by atoms with Gasteiger partial charge in [-0.1, -0.05) is 226 Å². The zero-order valence-corrected chi connectivity index (χ0v) is 43.8. The van der Waals surface area contributed by atoms with Crippen LogP contribution in [0, 0.1) is 0 Å². The molecule has 1 unspecified atom stereocenters. The Kier molecular flexibility index (Phi) is 52.0. The molecule has 0 amide bonds. The quantitative estimate of drug-likeness (QED) is 0.0262. The smallest absolute Gasteiger partial charge is 0.306 e. The molecule has 0 aliphatic carbocycles. The lowest BCUT2D eigenvalue weighted by atomic mass is 10.0. The molecule has 0 spiro atoms. The fourth-order valence-electron chi connectivity index (χ4n) is 7.14. The molecule has 0 rings (SSSR count). The molecule has 68 heavy (non-hydrogen) atoms. The number of carbonyl (C=O) groups is 3. The monoisotopic (exact) mass is 941 g/mol. The van der Waals surface area contributed by atoms with Crippen molar-refractivity contribution in [1.29, 1.82) is 0 Å². The number of carbonyl (C=O) groups excluding carboxylic acids is 3. The Bertz CT molecular complexity index is 1450. The van der Waals surface area contributed by atoms with Crippen LogP contribution in [-0.4, -0.2) is 37.2 Å². The predicted molar refractivity (Wildman–Crippen MR) is 293 cm³/mol. The van der Waals surface area contributed by atoms with Crippen LogP contribution in [-0.2, 0) is 28.6 Å². The van der Waals surface area contributed by atoms with E-state index < -0.39 is 6.10 Å². The summed E-state index contributed by atoms with van der Waals surface area (Å²) in [4.78, 5) is 38.0. The van der Waals surface area contributed by atoms with Crippen molar-refractivity contribution >= 4 is 17.9 Å². The van der Waals surface area contributed by atoms with Gasteiger partial charge in [0, 0.05) is 19.3 Å². The van der Waals surface area contributed by atoms with Gasteiger partial charge in [-0.05, 0) is 109 Å². The Morgan fingerprint density at radius 1 is 0.309 bits per heavy atom. The number of rotatable bonds is 48. The maximum absolute atomic E-state index is 12.8. The van der Waals surface area contributed by atoms with Gasteiger partial charge in [0.05, 0.1) is 0 Å². The van der Waals surface area contributed by atoms with Gasteiger partial charge in [0.15, 0.2) is 6.10 Å². The molecule has 0 fully saturated rings. The third-order valence-electron chi connectivity index (χ3n) is 11.2. The zero-order chi connectivity index (χ0) is 49.3. The molecule has 0 saturated carbocycles. The molecule has 0 aromatic heterocycles. The summed E-state index contributed by atoms with van der Waals surface area (Å²) >= 11 is 0. The first-order valence-corrected chi connectivity index (χ1v) is 27.5. The van der Waals surface area contributed by atoms with Crippen LogP contribution in [0.15, 0.2) is 122 Å². The Hall–Kier alpha value is -4.19. The predicted octanol–water partition coefficient (Wildman–Crippen LogP) is 18.5. The molecule has 6 heteroatoms. The average molecular weight is 941 g/mol. The minimum atomic E-state index is -0.808. The summed E-state index contributed by atoms with van der Waals surface area (Å²) in [7, 11) is 0. The maximum atomic E-state index is 12.8. The molecule has 0 bridgehead atoms. The third kappa shape index (κ3) is 52.8. The first-order chi connectivity index (χ1) is 33.5. The SMILES string of the molecule is CC/C=C\C/C=C\C/C=C\C/C=C\C/C=C\C/C=C\C/C=C\CCCCCC(=O)OCC(COC(=O)CCCCCCCCCCCCCC)OC(=O)CCCCC/C=C\C/C=C\C/C=C\CC. The van der Waals surface area contributed by atoms with Gasteiger partial charge in [0.2, 0.25) is 0 Å². The van der Waals surface area contributed by atoms with Gasteiger partial charge in [0.25, 0.3) is 0 Å². The van der Waals surface area contributed by atoms with Gasteiger partial charge in [-0.3, -0.25) is 14.4 Å². The average Bonchev–Trinajstić information content (AvgIpc) is 3.34. The van der Waals surface area contributed by atoms with Gasteiger partial charge in [-0.2, -0.15) is 0 Å². The maximum Gasteiger partial charge on any atom is 0.306 e. The van der Waals surface area contributed by atoms with Crippen molar-refractivity contribution < 1.29 is 28.6 Å². The minimum Gasteiger partial charge on any atom is -0.462 e. The fraction of sp³-hybridized carbons (Fsp3) is 0.629. The van der Waals surface area contributed by atoms with E-state index in [0.29, 0.717) is 12.8 Å². The highest BCUT2D eigenvalue weighted by Gasteiger charge is 2.19. The number of allylic oxidation sites excluding steroid dienone is 20. The normalized spacial score (nSPS) is 13.0. The molecule has 0 heterocycles. The van der Waals surface area contributed by atoms with E-state index in [1.54, 1.807) is 0 Å². The van der Waals surface area contributed by atoms with Crippen molar-refractivity contribution in [2.24, 2.45) is 0 Å². The highest BCUT2D eigenvalue weighted by atomic mass is 16.6. The highest BCUT2D eigenvalue weighted by Crippen LogP contribution is 2.14. The van der Waals surface area contributed by atoms with Gasteiger partial charge < -0.3 is 14.2 Å². The second-order valence-electron chi connectivity index (χ2n) is 17.7. The Balaban J connectivity index is 4.42. The van der Waals surface area contributed by atoms with E-state index in [1.165, 1.54) is 57.8 Å². The first-order valence-electron chi connectivity index (χ1n) is 27.5. The van der Waals surface area contributed by atoms with Crippen LogP contribution in [0.5, 0.6) is 0 Å². The zero-order valence-electron chi connectivity index (χ0n) is 43.8. The summed E-state index contributed by atoms with van der Waals surface area (Å²) in [6.45, 7) is 6.34. The molecule has 0 saturated heterocycles. The molecule has 384 valence electrons. The standard InChI is InChI=1S/C62H100O6/c1-4-7-10-13-16-19-22-25-26-27-28-29-30-31-32-33-34-35-36-38-40-43-46-49-52-55-61(64)67-58-59(57-66-60(63)54-51-48-45-42-39-24-21-18-15-12-9-6-3)68-62(65)56-53-50-47-44-41-37-23-20-17-14-11-8-5-2/h7-8,10-11,16-17,19-20,25-26,28-29,31-32,34-35,37-38,40-41,59H,4-6,9,12-15,18,21-24,27,30,33,36,39,42-58H2,1-3H3/b10-7-,11-8-,19-16-,20-17-,26-25-,29-28-,32-31-,35-34-,40-38-,41-37-. The lowest BCUT2D eigenvalue weighted by molar-refractivity contribution is -0.167. The van der Waals surface area contributed by atoms with Crippen molar-refractivity contribution in [2.75, 3.05) is 13.2 Å². The van der Waals surface area contributed by atoms with Gasteiger partial charge in [-0.25, -0.2) is 0 Å². The molecule has 0 radical (unpaired) electrons. The molecule has 6 nitrogen and oxygen atoms in total. The van der Waals surface area contributed by atoms with Crippen molar-refractivity contribution in [3.05, 3.63) is 122 Å². The number of hydrogen-bond acceptors (Lipinski definition) is 6. The van der Waals surface area contributed by atoms with Gasteiger partial charge in [-0.15, -0.1) is 0 Å². The topological polar surface area (TPSA) is 78.9 Å². The van der Waals surface area contributed by atoms with E-state index in [-0.39, 0.29) is 37.5 Å². The minimum absolute atomic E-state index is 0.102. The Morgan fingerprint density at radius 3 is 0.897 bits per heavy atom. The van der Waals surface area contributed by atoms with Crippen molar-refractivity contribution in [3.63, 3.8) is 0 Å². The van der Waals surface area contributed by atoms with Crippen molar-refractivity contribution in [3.8, 4) is 0 Å². The van der Waals surface area contributed by atoms with Crippen molar-refractivity contribution in [1.82, 2.24) is 0 Å². The second kappa shape index (κ2) is 55.4. The lowest BCUT2D eigenvalue weighted by Crippen LogP contribution is -2.30. The second-order valence-corrected chi connectivity index (χ2v) is 17.7. The van der Waals surface area contributed by atoms with Crippen LogP contribution in [0.25, 0.3) is 0 Å². The molecule has 0 aliphatic heterocycles. The molecular weight excluding hydrogens is 841 g/mol. The molecule has 0 aromatic carbocycles. The molecule has 0 aromatic rings. The van der Waals surface area contributed by atoms with E-state index in [9.17, 15) is 14.4 Å². The molecular formula is C62H100O6. The van der Waals surface area contributed by atoms with Crippen LogP contribution in [0.3, 0.4) is 0 Å². The van der Waals surface area contributed by atoms with E-state index in [0.717, 1.165) is 135 Å². The number of unbranched alkanes of at least 4 members (excludes halogenated alkanes) is 17. The molecule has 0 N–H and O–H groups in total. The van der Waals surface area contributed by atoms with E-state index in [1.807, 2.05) is 0 Å². The van der Waals surface area contributed by atoms with Crippen LogP contribution in [0.2, 0.25) is 0 Å². The van der Waals surface area contributed by atoms with Crippen LogP contribution in [0.1, 0.15) is 233 Å². The largest absolute Gasteiger partial charge is 0.462 e. The lowest BCUT2D eigenvalue weighted by Gasteiger charge is -2.18. The summed E-state index contributed by atoms with van der Waals surface area (Å²) in [6.07, 6.45) is 76.2. The summed E-state index contributed by atoms with van der Waals surface area (Å²) in [5.41, 5.74) is 0.